The normalized spacial score (nSPS) is 34.4. The molecule has 5 nitrogen and oxygen atoms in total. The van der Waals surface area contributed by atoms with Crippen molar-refractivity contribution in [3.8, 4) is 0 Å². The molecule has 1 aliphatic heterocycles. The molecule has 4 N–H and O–H groups in total. The maximum Gasteiger partial charge on any atom is 0.132 e. The molecule has 1 unspecified atom stereocenters. The van der Waals surface area contributed by atoms with E-state index in [9.17, 15) is 15.3 Å². The summed E-state index contributed by atoms with van der Waals surface area (Å²) >= 11 is 1.44. The number of unbranched alkanes of at least 4 members (excludes halogenated alkanes) is 5. The minimum absolute atomic E-state index is 0.362. The number of thioether (sulfide) groups is 1. The Hall–Kier alpha value is 0.150. The highest BCUT2D eigenvalue weighted by Gasteiger charge is 2.43. The molecule has 5 atom stereocenters. The summed E-state index contributed by atoms with van der Waals surface area (Å²) in [5, 5.41) is 38.3. The molecule has 20 heavy (non-hydrogen) atoms. The van der Waals surface area contributed by atoms with E-state index in [1.807, 2.05) is 0 Å². The lowest BCUT2D eigenvalue weighted by Gasteiger charge is -2.39. The third kappa shape index (κ3) is 5.50. The molecular weight excluding hydrogens is 280 g/mol. The zero-order chi connectivity index (χ0) is 15.0. The lowest BCUT2D eigenvalue weighted by molar-refractivity contribution is -0.205. The van der Waals surface area contributed by atoms with Gasteiger partial charge in [-0.15, -0.1) is 11.8 Å². The number of hydrogen-bond acceptors (Lipinski definition) is 6. The largest absolute Gasteiger partial charge is 0.394 e. The van der Waals surface area contributed by atoms with Crippen LogP contribution in [0.25, 0.3) is 0 Å². The van der Waals surface area contributed by atoms with Gasteiger partial charge in [-0.25, -0.2) is 0 Å². The second-order valence-electron chi connectivity index (χ2n) is 5.34. The highest BCUT2D eigenvalue weighted by atomic mass is 32.2. The second-order valence-corrected chi connectivity index (χ2v) is 6.54. The van der Waals surface area contributed by atoms with Crippen LogP contribution in [0.15, 0.2) is 0 Å². The molecule has 1 aliphatic rings. The first kappa shape index (κ1) is 18.2. The number of rotatable bonds is 9. The lowest BCUT2D eigenvalue weighted by Crippen LogP contribution is -2.57. The Morgan fingerprint density at radius 2 is 1.55 bits per heavy atom. The van der Waals surface area contributed by atoms with Crippen molar-refractivity contribution in [2.24, 2.45) is 0 Å². The third-order valence-corrected chi connectivity index (χ3v) is 4.87. The van der Waals surface area contributed by atoms with E-state index >= 15 is 0 Å². The summed E-state index contributed by atoms with van der Waals surface area (Å²) in [6.07, 6.45) is 2.77. The maximum atomic E-state index is 9.86. The fraction of sp³-hybridized carbons (Fsp3) is 1.00. The summed E-state index contributed by atoms with van der Waals surface area (Å²) in [5.41, 5.74) is -0.582. The van der Waals surface area contributed by atoms with Crippen molar-refractivity contribution in [3.63, 3.8) is 0 Å². The molecular formula is C14H28O5S. The fourth-order valence-corrected chi connectivity index (χ4v) is 3.47. The fourth-order valence-electron chi connectivity index (χ4n) is 2.29. The molecule has 1 saturated heterocycles. The van der Waals surface area contributed by atoms with Crippen LogP contribution in [0, 0.1) is 0 Å². The summed E-state index contributed by atoms with van der Waals surface area (Å²) in [5.74, 6) is 0.842. The molecule has 6 heteroatoms. The van der Waals surface area contributed by atoms with Crippen molar-refractivity contribution < 1.29 is 25.2 Å². The first-order chi connectivity index (χ1) is 9.61. The van der Waals surface area contributed by atoms with Crippen molar-refractivity contribution in [2.45, 2.75) is 75.3 Å². The van der Waals surface area contributed by atoms with E-state index in [4.69, 9.17) is 9.84 Å². The molecule has 0 bridgehead atoms. The van der Waals surface area contributed by atoms with Crippen LogP contribution in [0.3, 0.4) is 0 Å². The minimum Gasteiger partial charge on any atom is -0.394 e. The van der Waals surface area contributed by atoms with Gasteiger partial charge in [0.25, 0.3) is 0 Å². The molecule has 0 amide bonds. The van der Waals surface area contributed by atoms with Gasteiger partial charge in [-0.3, -0.25) is 0 Å². The van der Waals surface area contributed by atoms with Crippen molar-refractivity contribution in [2.75, 3.05) is 12.4 Å². The minimum atomic E-state index is -1.26. The highest BCUT2D eigenvalue weighted by Crippen LogP contribution is 2.29. The third-order valence-electron chi connectivity index (χ3n) is 3.63. The van der Waals surface area contributed by atoms with Crippen LogP contribution in [0.2, 0.25) is 0 Å². The quantitative estimate of drug-likeness (QED) is 0.473. The zero-order valence-electron chi connectivity index (χ0n) is 12.1. The maximum absolute atomic E-state index is 9.86. The van der Waals surface area contributed by atoms with Gasteiger partial charge in [0.05, 0.1) is 6.61 Å². The molecule has 0 aromatic rings. The number of aliphatic hydroxyl groups is 4. The molecule has 0 radical (unpaired) electrons. The Balaban J connectivity index is 2.21. The Bertz CT molecular complexity index is 252. The first-order valence-corrected chi connectivity index (χ1v) is 8.58. The van der Waals surface area contributed by atoms with E-state index in [1.54, 1.807) is 0 Å². The molecule has 120 valence electrons. The second kappa shape index (κ2) is 9.97. The van der Waals surface area contributed by atoms with Crippen LogP contribution in [-0.4, -0.2) is 62.6 Å². The van der Waals surface area contributed by atoms with E-state index in [1.165, 1.54) is 37.4 Å². The molecule has 0 aromatic heterocycles. The van der Waals surface area contributed by atoms with Crippen molar-refractivity contribution in [1.29, 1.82) is 0 Å². The number of hydrogen-bond donors (Lipinski definition) is 4. The highest BCUT2D eigenvalue weighted by molar-refractivity contribution is 7.99. The van der Waals surface area contributed by atoms with Crippen LogP contribution in [0.5, 0.6) is 0 Å². The standard InChI is InChI=1S/C14H28O5S/c1-2-3-4-5-6-7-8-20-14-13(18)12(17)11(16)10(9-15)19-14/h10-18H,2-9H2,1H3/t10-,11-,12?,13-,14+/m1/s1. The van der Waals surface area contributed by atoms with Gasteiger partial charge in [-0.05, 0) is 12.2 Å². The van der Waals surface area contributed by atoms with Crippen LogP contribution < -0.4 is 0 Å². The molecule has 1 heterocycles. The van der Waals surface area contributed by atoms with Crippen LogP contribution in [0.4, 0.5) is 0 Å². The van der Waals surface area contributed by atoms with Gasteiger partial charge in [0, 0.05) is 0 Å². The van der Waals surface area contributed by atoms with E-state index in [2.05, 4.69) is 6.92 Å². The van der Waals surface area contributed by atoms with Crippen molar-refractivity contribution >= 4 is 11.8 Å². The predicted octanol–water partition coefficient (Wildman–Crippen LogP) is 0.880. The molecule has 0 spiro atoms. The number of ether oxygens (including phenoxy) is 1. The average Bonchev–Trinajstić information content (AvgIpc) is 2.46. The van der Waals surface area contributed by atoms with E-state index < -0.39 is 29.9 Å². The molecule has 0 saturated carbocycles. The lowest BCUT2D eigenvalue weighted by atomic mass is 10.0. The monoisotopic (exact) mass is 308 g/mol. The van der Waals surface area contributed by atoms with Crippen molar-refractivity contribution in [3.05, 3.63) is 0 Å². The van der Waals surface area contributed by atoms with Gasteiger partial charge in [0.1, 0.15) is 29.9 Å². The summed E-state index contributed by atoms with van der Waals surface area (Å²) in [6.45, 7) is 1.83. The Morgan fingerprint density at radius 1 is 0.900 bits per heavy atom. The van der Waals surface area contributed by atoms with E-state index in [0.29, 0.717) is 0 Å². The zero-order valence-corrected chi connectivity index (χ0v) is 13.0. The van der Waals surface area contributed by atoms with Crippen molar-refractivity contribution in [1.82, 2.24) is 0 Å². The SMILES string of the molecule is CCCCCCCCS[C@@H]1O[C@H](CO)[C@@H](O)C(O)[C@H]1O. The summed E-state index contributed by atoms with van der Waals surface area (Å²) in [7, 11) is 0. The van der Waals surface area contributed by atoms with Gasteiger partial charge < -0.3 is 25.2 Å². The van der Waals surface area contributed by atoms with E-state index in [0.717, 1.165) is 18.6 Å². The summed E-state index contributed by atoms with van der Waals surface area (Å²) < 4.78 is 5.43. The Morgan fingerprint density at radius 3 is 2.20 bits per heavy atom. The molecule has 1 fully saturated rings. The van der Waals surface area contributed by atoms with Gasteiger partial charge in [0.15, 0.2) is 0 Å². The summed E-state index contributed by atoms with van der Waals surface area (Å²) in [6, 6.07) is 0. The average molecular weight is 308 g/mol. The smallest absolute Gasteiger partial charge is 0.132 e. The van der Waals surface area contributed by atoms with Gasteiger partial charge in [-0.2, -0.15) is 0 Å². The topological polar surface area (TPSA) is 90.2 Å². The van der Waals surface area contributed by atoms with Crippen LogP contribution in [-0.2, 0) is 4.74 Å². The Kier molecular flexibility index (Phi) is 9.08. The van der Waals surface area contributed by atoms with Crippen LogP contribution >= 0.6 is 11.8 Å². The van der Waals surface area contributed by atoms with E-state index in [-0.39, 0.29) is 6.61 Å². The predicted molar refractivity (Wildman–Crippen MR) is 79.6 cm³/mol. The van der Waals surface area contributed by atoms with Gasteiger partial charge in [-0.1, -0.05) is 39.0 Å². The molecule has 1 rings (SSSR count). The number of aliphatic hydroxyl groups excluding tert-OH is 4. The van der Waals surface area contributed by atoms with Crippen LogP contribution in [0.1, 0.15) is 45.4 Å². The Labute approximate surface area is 125 Å². The molecule has 0 aliphatic carbocycles. The first-order valence-electron chi connectivity index (χ1n) is 7.54. The van der Waals surface area contributed by atoms with Gasteiger partial charge in [0.2, 0.25) is 0 Å². The van der Waals surface area contributed by atoms with Gasteiger partial charge >= 0.3 is 0 Å². The summed E-state index contributed by atoms with van der Waals surface area (Å²) in [4.78, 5) is 0. The molecule has 0 aromatic carbocycles.